The molecule has 3 aromatic rings. The number of guanidine groups is 1. The van der Waals surface area contributed by atoms with Crippen molar-refractivity contribution < 1.29 is 13.2 Å². The third-order valence-electron chi connectivity index (χ3n) is 4.31. The number of nitrogens with one attached hydrogen (secondary N) is 2. The number of oxazole rings is 1. The lowest BCUT2D eigenvalue weighted by Gasteiger charge is -2.18. The van der Waals surface area contributed by atoms with Crippen LogP contribution in [0.5, 0.6) is 0 Å². The summed E-state index contributed by atoms with van der Waals surface area (Å²) in [5.41, 5.74) is 3.41. The SMILES string of the molecule is CN=C(NCc1coc(-c2ccc(C)cc2)n1)NC(C)c1ccc(F)c(F)c1.I. The fraction of sp³-hybridized carbons (Fsp3) is 0.238. The predicted octanol–water partition coefficient (Wildman–Crippen LogP) is 4.97. The number of aliphatic imine (C=N–C) groups is 1. The Bertz CT molecular complexity index is 973. The molecule has 154 valence electrons. The molecule has 0 spiro atoms. The van der Waals surface area contributed by atoms with Crippen molar-refractivity contribution in [2.75, 3.05) is 7.05 Å². The van der Waals surface area contributed by atoms with Crippen molar-refractivity contribution in [2.24, 2.45) is 4.99 Å². The third-order valence-corrected chi connectivity index (χ3v) is 4.31. The minimum absolute atomic E-state index is 0. The first-order valence-corrected chi connectivity index (χ1v) is 8.90. The molecule has 1 heterocycles. The highest BCUT2D eigenvalue weighted by atomic mass is 127. The molecule has 0 aliphatic rings. The first kappa shape index (κ1) is 22.8. The van der Waals surface area contributed by atoms with Gasteiger partial charge in [-0.05, 0) is 43.7 Å². The molecule has 0 aliphatic heterocycles. The number of hydrogen-bond donors (Lipinski definition) is 2. The first-order valence-electron chi connectivity index (χ1n) is 8.90. The predicted molar refractivity (Wildman–Crippen MR) is 120 cm³/mol. The minimum atomic E-state index is -0.875. The van der Waals surface area contributed by atoms with Crippen molar-refractivity contribution in [1.29, 1.82) is 0 Å². The number of aromatic nitrogens is 1. The summed E-state index contributed by atoms with van der Waals surface area (Å²) < 4.78 is 32.1. The van der Waals surface area contributed by atoms with E-state index in [0.29, 0.717) is 24.0 Å². The van der Waals surface area contributed by atoms with Gasteiger partial charge in [-0.15, -0.1) is 24.0 Å². The Balaban J connectivity index is 0.00000300. The Morgan fingerprint density at radius 1 is 1.14 bits per heavy atom. The van der Waals surface area contributed by atoms with Crippen LogP contribution in [0.1, 0.15) is 29.8 Å². The van der Waals surface area contributed by atoms with Crippen LogP contribution < -0.4 is 10.6 Å². The molecule has 0 saturated carbocycles. The average molecular weight is 512 g/mol. The summed E-state index contributed by atoms with van der Waals surface area (Å²) in [7, 11) is 1.63. The van der Waals surface area contributed by atoms with Gasteiger partial charge in [-0.2, -0.15) is 0 Å². The summed E-state index contributed by atoms with van der Waals surface area (Å²) in [6.45, 7) is 4.26. The highest BCUT2D eigenvalue weighted by Gasteiger charge is 2.12. The van der Waals surface area contributed by atoms with Crippen molar-refractivity contribution in [3.8, 4) is 11.5 Å². The van der Waals surface area contributed by atoms with Gasteiger partial charge in [0.2, 0.25) is 5.89 Å². The van der Waals surface area contributed by atoms with Crippen molar-refractivity contribution in [2.45, 2.75) is 26.4 Å². The molecule has 0 fully saturated rings. The van der Waals surface area contributed by atoms with E-state index in [2.05, 4.69) is 20.6 Å². The van der Waals surface area contributed by atoms with E-state index < -0.39 is 11.6 Å². The lowest BCUT2D eigenvalue weighted by Crippen LogP contribution is -2.38. The Hall–Kier alpha value is -2.49. The maximum Gasteiger partial charge on any atom is 0.226 e. The van der Waals surface area contributed by atoms with E-state index in [-0.39, 0.29) is 30.0 Å². The zero-order chi connectivity index (χ0) is 20.1. The van der Waals surface area contributed by atoms with E-state index >= 15 is 0 Å². The third kappa shape index (κ3) is 5.99. The Kier molecular flexibility index (Phi) is 8.12. The number of benzene rings is 2. The lowest BCUT2D eigenvalue weighted by molar-refractivity contribution is 0.504. The maximum absolute atomic E-state index is 13.4. The van der Waals surface area contributed by atoms with Gasteiger partial charge in [-0.25, -0.2) is 13.8 Å². The molecule has 1 aromatic heterocycles. The minimum Gasteiger partial charge on any atom is -0.444 e. The monoisotopic (exact) mass is 512 g/mol. The quantitative estimate of drug-likeness (QED) is 0.288. The smallest absolute Gasteiger partial charge is 0.226 e. The highest BCUT2D eigenvalue weighted by Crippen LogP contribution is 2.19. The number of halogens is 3. The standard InChI is InChI=1S/C21H22F2N4O.HI/c1-13-4-6-15(7-5-13)20-27-17(12-28-20)11-25-21(24-3)26-14(2)16-8-9-18(22)19(23)10-16;/h4-10,12,14H,11H2,1-3H3,(H2,24,25,26);1H. The fourth-order valence-corrected chi connectivity index (χ4v) is 2.66. The van der Waals surface area contributed by atoms with Gasteiger partial charge < -0.3 is 15.1 Å². The van der Waals surface area contributed by atoms with Gasteiger partial charge in [-0.3, -0.25) is 4.99 Å². The van der Waals surface area contributed by atoms with Gasteiger partial charge in [0.05, 0.1) is 18.3 Å². The van der Waals surface area contributed by atoms with Crippen molar-refractivity contribution in [3.05, 3.63) is 77.2 Å². The molecule has 0 amide bonds. The van der Waals surface area contributed by atoms with Crippen molar-refractivity contribution >= 4 is 29.9 Å². The molecule has 1 atom stereocenters. The van der Waals surface area contributed by atoms with Gasteiger partial charge >= 0.3 is 0 Å². The lowest BCUT2D eigenvalue weighted by atomic mass is 10.1. The fourth-order valence-electron chi connectivity index (χ4n) is 2.66. The topological polar surface area (TPSA) is 62.5 Å². The summed E-state index contributed by atoms with van der Waals surface area (Å²) in [4.78, 5) is 8.62. The normalized spacial score (nSPS) is 12.2. The molecule has 0 bridgehead atoms. The van der Waals surface area contributed by atoms with Crippen LogP contribution in [0.25, 0.3) is 11.5 Å². The largest absolute Gasteiger partial charge is 0.444 e. The van der Waals surface area contributed by atoms with Gasteiger partial charge in [0.15, 0.2) is 17.6 Å². The molecular weight excluding hydrogens is 489 g/mol. The summed E-state index contributed by atoms with van der Waals surface area (Å²) in [6, 6.07) is 11.5. The van der Waals surface area contributed by atoms with E-state index in [1.807, 2.05) is 38.1 Å². The molecule has 2 aromatic carbocycles. The van der Waals surface area contributed by atoms with Gasteiger partial charge in [0.25, 0.3) is 0 Å². The van der Waals surface area contributed by atoms with Crippen molar-refractivity contribution in [1.82, 2.24) is 15.6 Å². The van der Waals surface area contributed by atoms with Crippen LogP contribution in [-0.2, 0) is 6.54 Å². The molecule has 8 heteroatoms. The van der Waals surface area contributed by atoms with E-state index in [9.17, 15) is 8.78 Å². The van der Waals surface area contributed by atoms with E-state index in [0.717, 1.165) is 17.3 Å². The van der Waals surface area contributed by atoms with Crippen LogP contribution in [0.15, 0.2) is 58.1 Å². The van der Waals surface area contributed by atoms with Crippen LogP contribution in [-0.4, -0.2) is 18.0 Å². The maximum atomic E-state index is 13.4. The summed E-state index contributed by atoms with van der Waals surface area (Å²) in [5.74, 6) is -0.679. The van der Waals surface area contributed by atoms with Crippen LogP contribution in [0, 0.1) is 18.6 Å². The zero-order valence-corrected chi connectivity index (χ0v) is 18.7. The number of nitrogens with zero attached hydrogens (tertiary/aromatic N) is 2. The van der Waals surface area contributed by atoms with Crippen LogP contribution in [0.2, 0.25) is 0 Å². The average Bonchev–Trinajstić information content (AvgIpc) is 3.16. The molecule has 5 nitrogen and oxygen atoms in total. The second kappa shape index (κ2) is 10.3. The second-order valence-electron chi connectivity index (χ2n) is 6.48. The second-order valence-corrected chi connectivity index (χ2v) is 6.48. The Morgan fingerprint density at radius 3 is 2.52 bits per heavy atom. The molecule has 2 N–H and O–H groups in total. The Labute approximate surface area is 185 Å². The molecule has 29 heavy (non-hydrogen) atoms. The molecule has 0 aliphatic carbocycles. The molecule has 0 saturated heterocycles. The van der Waals surface area contributed by atoms with Crippen LogP contribution >= 0.6 is 24.0 Å². The van der Waals surface area contributed by atoms with Gasteiger partial charge in [0.1, 0.15) is 6.26 Å². The zero-order valence-electron chi connectivity index (χ0n) is 16.4. The molecule has 3 rings (SSSR count). The summed E-state index contributed by atoms with van der Waals surface area (Å²) in [5, 5.41) is 6.27. The summed E-state index contributed by atoms with van der Waals surface area (Å²) in [6.07, 6.45) is 1.59. The van der Waals surface area contributed by atoms with Crippen molar-refractivity contribution in [3.63, 3.8) is 0 Å². The number of rotatable bonds is 5. The van der Waals surface area contributed by atoms with E-state index in [1.165, 1.54) is 17.7 Å². The first-order chi connectivity index (χ1) is 13.5. The highest BCUT2D eigenvalue weighted by molar-refractivity contribution is 14.0. The number of aryl methyl sites for hydroxylation is 1. The Morgan fingerprint density at radius 2 is 1.86 bits per heavy atom. The van der Waals surface area contributed by atoms with Crippen LogP contribution in [0.3, 0.4) is 0 Å². The van der Waals surface area contributed by atoms with E-state index in [1.54, 1.807) is 13.3 Å². The van der Waals surface area contributed by atoms with E-state index in [4.69, 9.17) is 4.42 Å². The summed E-state index contributed by atoms with van der Waals surface area (Å²) >= 11 is 0. The molecular formula is C21H23F2IN4O. The van der Waals surface area contributed by atoms with Crippen LogP contribution in [0.4, 0.5) is 8.78 Å². The van der Waals surface area contributed by atoms with Gasteiger partial charge in [-0.1, -0.05) is 23.8 Å². The van der Waals surface area contributed by atoms with Gasteiger partial charge in [0, 0.05) is 12.6 Å². The molecule has 0 radical (unpaired) electrons. The number of hydrogen-bond acceptors (Lipinski definition) is 3. The molecule has 1 unspecified atom stereocenters.